The minimum atomic E-state index is 0.718. The first-order chi connectivity index (χ1) is 64.9. The maximum absolute atomic E-state index is 5.27. The molecule has 0 N–H and O–H groups in total. The van der Waals surface area contributed by atoms with Gasteiger partial charge in [0.25, 0.3) is 0 Å². The van der Waals surface area contributed by atoms with Gasteiger partial charge in [0, 0.05) is 132 Å². The summed E-state index contributed by atoms with van der Waals surface area (Å²) in [6.45, 7) is 12.9. The molecule has 8 heterocycles. The van der Waals surface area contributed by atoms with Crippen LogP contribution in [0.1, 0.15) is 33.4 Å². The van der Waals surface area contributed by atoms with Gasteiger partial charge in [-0.25, -0.2) is 19.9 Å². The SMILES string of the molecule is Cc1cccc(-c2cc(-c3ccc(-n4c5ccc(-n6c7ccccc7c7ccccc76)cc5c5cc(-n6c7ccccc7c7ccccc76)ccc54)c(C)c3)nc(-c3cccc(C)c3)n2)c1.Cc1ccccc1-c1cc(-c2ccc(-n3c4ccc(-n5c6ccccc6c6ccccc65)cc4c4cc(-n5c6ccccc6c6ccccc65)ccc43)cc2C)nc(-c2ccccc2C)n1. The molecule has 26 rings (SSSR count). The van der Waals surface area contributed by atoms with Crippen LogP contribution in [0.15, 0.2) is 413 Å². The smallest absolute Gasteiger partial charge is 0.160 e. The summed E-state index contributed by atoms with van der Waals surface area (Å²) in [5.41, 5.74) is 37.8. The highest BCUT2D eigenvalue weighted by molar-refractivity contribution is 6.17. The monoisotopic (exact) mass is 1690 g/mol. The summed E-state index contributed by atoms with van der Waals surface area (Å²) in [5.74, 6) is 1.45. The Bertz CT molecular complexity index is 8590. The molecule has 26 aromatic rings. The van der Waals surface area contributed by atoms with E-state index in [1.54, 1.807) is 0 Å². The van der Waals surface area contributed by atoms with E-state index in [2.05, 4.69) is 481 Å². The fourth-order valence-electron chi connectivity index (χ4n) is 21.0. The summed E-state index contributed by atoms with van der Waals surface area (Å²) in [4.78, 5) is 20.8. The highest BCUT2D eigenvalue weighted by atomic mass is 15.0. The van der Waals surface area contributed by atoms with Crippen molar-refractivity contribution in [2.24, 2.45) is 0 Å². The lowest BCUT2D eigenvalue weighted by atomic mass is 10.00. The van der Waals surface area contributed by atoms with E-state index in [1.807, 2.05) is 0 Å². The van der Waals surface area contributed by atoms with Crippen molar-refractivity contribution in [3.05, 3.63) is 446 Å². The molecule has 0 bridgehead atoms. The molecular formula is C122H86N10. The molecule has 8 aromatic heterocycles. The van der Waals surface area contributed by atoms with Crippen molar-refractivity contribution < 1.29 is 0 Å². The van der Waals surface area contributed by atoms with Gasteiger partial charge in [-0.15, -0.1) is 0 Å². The van der Waals surface area contributed by atoms with E-state index in [4.69, 9.17) is 19.9 Å². The second-order valence-electron chi connectivity index (χ2n) is 35.2. The van der Waals surface area contributed by atoms with Crippen molar-refractivity contribution in [2.45, 2.75) is 41.5 Å². The number of hydrogen-bond donors (Lipinski definition) is 0. The van der Waals surface area contributed by atoms with Gasteiger partial charge in [-0.1, -0.05) is 254 Å². The van der Waals surface area contributed by atoms with E-state index in [0.29, 0.717) is 0 Å². The number of aromatic nitrogens is 10. The van der Waals surface area contributed by atoms with Gasteiger partial charge in [-0.3, -0.25) is 0 Å². The lowest BCUT2D eigenvalue weighted by Gasteiger charge is -2.15. The summed E-state index contributed by atoms with van der Waals surface area (Å²) < 4.78 is 14.6. The van der Waals surface area contributed by atoms with Crippen LogP contribution >= 0.6 is 0 Å². The lowest BCUT2D eigenvalue weighted by Crippen LogP contribution is -2.00. The van der Waals surface area contributed by atoms with Gasteiger partial charge in [-0.2, -0.15) is 0 Å². The van der Waals surface area contributed by atoms with Crippen LogP contribution in [0.25, 0.3) is 233 Å². The quantitative estimate of drug-likeness (QED) is 0.122. The predicted molar refractivity (Wildman–Crippen MR) is 551 cm³/mol. The van der Waals surface area contributed by atoms with Gasteiger partial charge < -0.3 is 27.4 Å². The summed E-state index contributed by atoms with van der Waals surface area (Å²) in [6, 6.07) is 150. The predicted octanol–water partition coefficient (Wildman–Crippen LogP) is 31.4. The van der Waals surface area contributed by atoms with E-state index in [0.717, 1.165) is 141 Å². The molecule has 0 aliphatic carbocycles. The molecule has 0 saturated heterocycles. The number of aryl methyl sites for hydroxylation is 6. The minimum absolute atomic E-state index is 0.718. The highest BCUT2D eigenvalue weighted by Crippen LogP contribution is 2.46. The third-order valence-electron chi connectivity index (χ3n) is 27.1. The number of fused-ring (bicyclic) bond motifs is 18. The van der Waals surface area contributed by atoms with Gasteiger partial charge in [-0.05, 0) is 234 Å². The highest BCUT2D eigenvalue weighted by Gasteiger charge is 2.26. The third-order valence-corrected chi connectivity index (χ3v) is 27.1. The van der Waals surface area contributed by atoms with Gasteiger partial charge in [0.05, 0.1) is 89.0 Å². The third kappa shape index (κ3) is 12.6. The fourth-order valence-corrected chi connectivity index (χ4v) is 21.0. The van der Waals surface area contributed by atoms with E-state index in [1.165, 1.54) is 125 Å². The van der Waals surface area contributed by atoms with Gasteiger partial charge >= 0.3 is 0 Å². The summed E-state index contributed by atoms with van der Waals surface area (Å²) in [7, 11) is 0. The maximum atomic E-state index is 5.27. The molecule has 10 heteroatoms. The maximum Gasteiger partial charge on any atom is 0.160 e. The second kappa shape index (κ2) is 30.9. The minimum Gasteiger partial charge on any atom is -0.309 e. The van der Waals surface area contributed by atoms with E-state index in [9.17, 15) is 0 Å². The fraction of sp³-hybridized carbons (Fsp3) is 0.0492. The number of hydrogen-bond acceptors (Lipinski definition) is 4. The first-order valence-corrected chi connectivity index (χ1v) is 45.3. The number of benzene rings is 18. The van der Waals surface area contributed by atoms with Crippen molar-refractivity contribution in [1.82, 2.24) is 47.3 Å². The van der Waals surface area contributed by atoms with Crippen molar-refractivity contribution in [2.75, 3.05) is 0 Å². The summed E-state index contributed by atoms with van der Waals surface area (Å²) >= 11 is 0. The standard InChI is InChI=1S/2C61H43N5/c1-38-14-12-16-41(32-38)52-37-53(63-61(62-52)43-17-13-15-39(2)33-43)42-26-29-54(40(3)34-42)66-59-30-27-44(64-55-22-8-4-18-46(55)47-19-5-9-23-56(47)64)35-50(59)51-36-45(28-31-60(51)66)65-57-24-10-6-20-48(57)49-21-7-11-25-58(49)65;1-38-16-4-6-18-44(38)53-37-54(63-61(62-53)46-19-7-5-17-39(46)2)45-31-28-41(34-40(45)3)64-59-32-29-42(65-55-24-12-8-20-47(55)48-21-9-13-25-56(48)65)35-51(59)52-36-43(30-33-60(52)64)66-57-26-14-10-22-49(57)50-23-11-15-27-58(50)66/h2*4-37H,1-3H3. The van der Waals surface area contributed by atoms with Crippen molar-refractivity contribution in [3.8, 4) is 102 Å². The Balaban J connectivity index is 0.000000142. The molecule has 0 aliphatic rings. The first kappa shape index (κ1) is 77.3. The molecule has 0 unspecified atom stereocenters. The van der Waals surface area contributed by atoms with Gasteiger partial charge in [0.1, 0.15) is 0 Å². The molecule has 0 fully saturated rings. The molecule has 18 aromatic carbocycles. The summed E-state index contributed by atoms with van der Waals surface area (Å²) in [6.07, 6.45) is 0. The van der Waals surface area contributed by atoms with Crippen LogP contribution in [0, 0.1) is 41.5 Å². The molecule has 0 spiro atoms. The van der Waals surface area contributed by atoms with Crippen LogP contribution in [0.5, 0.6) is 0 Å². The van der Waals surface area contributed by atoms with E-state index < -0.39 is 0 Å². The topological polar surface area (TPSA) is 81.1 Å². The average Bonchev–Trinajstić information content (AvgIpc) is 1.57. The van der Waals surface area contributed by atoms with Gasteiger partial charge in [0.15, 0.2) is 11.6 Å². The Hall–Kier alpha value is -17.1. The summed E-state index contributed by atoms with van der Waals surface area (Å²) in [5, 5.41) is 14.8. The zero-order valence-corrected chi connectivity index (χ0v) is 73.7. The Morgan fingerprint density at radius 3 is 0.811 bits per heavy atom. The van der Waals surface area contributed by atoms with Crippen molar-refractivity contribution in [1.29, 1.82) is 0 Å². The van der Waals surface area contributed by atoms with Crippen molar-refractivity contribution in [3.63, 3.8) is 0 Å². The second-order valence-corrected chi connectivity index (χ2v) is 35.2. The molecule has 10 nitrogen and oxygen atoms in total. The zero-order valence-electron chi connectivity index (χ0n) is 73.7. The normalized spacial score (nSPS) is 11.9. The largest absolute Gasteiger partial charge is 0.309 e. The Morgan fingerprint density at radius 2 is 0.447 bits per heavy atom. The first-order valence-electron chi connectivity index (χ1n) is 45.3. The van der Waals surface area contributed by atoms with Crippen LogP contribution in [0.3, 0.4) is 0 Å². The van der Waals surface area contributed by atoms with Crippen LogP contribution in [0.2, 0.25) is 0 Å². The van der Waals surface area contributed by atoms with Crippen LogP contribution < -0.4 is 0 Å². The van der Waals surface area contributed by atoms with Crippen LogP contribution in [0.4, 0.5) is 0 Å². The Kier molecular flexibility index (Phi) is 18.1. The number of rotatable bonds is 12. The van der Waals surface area contributed by atoms with E-state index in [-0.39, 0.29) is 0 Å². The molecule has 0 atom stereocenters. The van der Waals surface area contributed by atoms with Gasteiger partial charge in [0.2, 0.25) is 0 Å². The average molecular weight is 1690 g/mol. The van der Waals surface area contributed by atoms with Crippen LogP contribution in [-0.4, -0.2) is 47.3 Å². The molecule has 0 aliphatic heterocycles. The molecule has 0 amide bonds. The zero-order chi connectivity index (χ0) is 88.1. The molecule has 624 valence electrons. The van der Waals surface area contributed by atoms with Crippen LogP contribution in [-0.2, 0) is 0 Å². The Morgan fingerprint density at radius 1 is 0.159 bits per heavy atom. The molecule has 0 radical (unpaired) electrons. The molecular weight excluding hydrogens is 1610 g/mol. The number of nitrogens with zero attached hydrogens (tertiary/aromatic N) is 10. The van der Waals surface area contributed by atoms with Crippen molar-refractivity contribution >= 4 is 131 Å². The lowest BCUT2D eigenvalue weighted by molar-refractivity contribution is 1.14. The Labute approximate surface area is 762 Å². The molecule has 132 heavy (non-hydrogen) atoms. The number of para-hydroxylation sites is 8. The van der Waals surface area contributed by atoms with E-state index >= 15 is 0 Å². The molecule has 0 saturated carbocycles.